The normalized spacial score (nSPS) is 17.6. The second-order valence-electron chi connectivity index (χ2n) is 13.4. The van der Waals surface area contributed by atoms with Crippen molar-refractivity contribution >= 4 is 69.1 Å². The molecule has 2 saturated heterocycles. The predicted molar refractivity (Wildman–Crippen MR) is 204 cm³/mol. The van der Waals surface area contributed by atoms with Crippen molar-refractivity contribution in [2.24, 2.45) is 0 Å². The van der Waals surface area contributed by atoms with Crippen molar-refractivity contribution in [1.82, 2.24) is 25.0 Å². The second-order valence-corrected chi connectivity index (χ2v) is 14.2. The number of methoxy groups -OCH3 is 2. The minimum atomic E-state index is -0.985. The quantitative estimate of drug-likeness (QED) is 0.143. The van der Waals surface area contributed by atoms with Crippen molar-refractivity contribution in [3.63, 3.8) is 0 Å². The van der Waals surface area contributed by atoms with Crippen LogP contribution in [-0.4, -0.2) is 103 Å². The van der Waals surface area contributed by atoms with Crippen LogP contribution in [0.2, 0.25) is 10.0 Å². The van der Waals surface area contributed by atoms with Crippen molar-refractivity contribution in [1.29, 1.82) is 5.26 Å². The molecule has 1 unspecified atom stereocenters. The Morgan fingerprint density at radius 2 is 1.65 bits per heavy atom. The number of rotatable bonds is 12. The number of carbonyl (C=O) groups is 4. The van der Waals surface area contributed by atoms with Crippen molar-refractivity contribution in [3.8, 4) is 23.3 Å². The van der Waals surface area contributed by atoms with Crippen LogP contribution in [0.25, 0.3) is 10.9 Å². The number of hydrogen-bond acceptors (Lipinski definition) is 12. The molecule has 14 nitrogen and oxygen atoms in total. The maximum atomic E-state index is 13.2. The van der Waals surface area contributed by atoms with Gasteiger partial charge >= 0.3 is 0 Å². The van der Waals surface area contributed by atoms with E-state index in [9.17, 15) is 24.4 Å². The summed E-state index contributed by atoms with van der Waals surface area (Å²) in [5.41, 5.74) is 3.38. The van der Waals surface area contributed by atoms with E-state index < -0.39 is 29.7 Å². The van der Waals surface area contributed by atoms with Gasteiger partial charge in [-0.25, -0.2) is 0 Å². The Labute approximate surface area is 326 Å². The number of anilines is 2. The van der Waals surface area contributed by atoms with Gasteiger partial charge < -0.3 is 24.4 Å². The molecule has 55 heavy (non-hydrogen) atoms. The van der Waals surface area contributed by atoms with Crippen LogP contribution in [-0.2, 0) is 16.1 Å². The van der Waals surface area contributed by atoms with E-state index in [4.69, 9.17) is 37.4 Å². The third-order valence-electron chi connectivity index (χ3n) is 10.0. The molecule has 0 aliphatic carbocycles. The molecule has 1 atom stereocenters. The van der Waals surface area contributed by atoms with Crippen LogP contribution in [0.3, 0.4) is 0 Å². The predicted octanol–water partition coefficient (Wildman–Crippen LogP) is 5.16. The van der Waals surface area contributed by atoms with E-state index in [1.807, 2.05) is 6.07 Å². The van der Waals surface area contributed by atoms with Gasteiger partial charge in [-0.2, -0.15) is 5.26 Å². The van der Waals surface area contributed by atoms with Crippen LogP contribution in [0.4, 0.5) is 11.4 Å². The molecule has 1 aromatic heterocycles. The van der Waals surface area contributed by atoms with Gasteiger partial charge in [-0.3, -0.25) is 39.3 Å². The SMILES string of the molecule is COc1cc(Nc2c(C#N)cnc3cc(OCCCN4CCN(Cc5ccc6c(c5)C(=O)N(C5CCC(=O)NC5=O)C6=O)CC4)c(OC)cc23)c(Cl)cc1Cl. The number of fused-ring (bicyclic) bond motifs is 2. The van der Waals surface area contributed by atoms with Crippen molar-refractivity contribution in [3.05, 3.63) is 81.0 Å². The zero-order valence-corrected chi connectivity index (χ0v) is 31.6. The average Bonchev–Trinajstić information content (AvgIpc) is 3.42. The summed E-state index contributed by atoms with van der Waals surface area (Å²) in [5, 5.41) is 16.7. The van der Waals surface area contributed by atoms with E-state index in [-0.39, 0.29) is 24.0 Å². The number of aromatic nitrogens is 1. The first kappa shape index (κ1) is 37.8. The monoisotopic (exact) mass is 785 g/mol. The molecule has 3 aliphatic rings. The lowest BCUT2D eigenvalue weighted by atomic mass is 10.0. The van der Waals surface area contributed by atoms with Crippen LogP contribution in [0.1, 0.15) is 51.1 Å². The number of ether oxygens (including phenoxy) is 3. The first-order valence-electron chi connectivity index (χ1n) is 17.7. The number of piperidine rings is 1. The van der Waals surface area contributed by atoms with Gasteiger partial charge in [0.25, 0.3) is 11.8 Å². The summed E-state index contributed by atoms with van der Waals surface area (Å²) in [6.07, 6.45) is 2.47. The van der Waals surface area contributed by atoms with Crippen molar-refractivity contribution in [2.45, 2.75) is 31.8 Å². The van der Waals surface area contributed by atoms with Gasteiger partial charge in [0.05, 0.1) is 64.5 Å². The summed E-state index contributed by atoms with van der Waals surface area (Å²) < 4.78 is 17.2. The largest absolute Gasteiger partial charge is 0.495 e. The molecule has 4 amide bonds. The van der Waals surface area contributed by atoms with Gasteiger partial charge in [0.15, 0.2) is 11.5 Å². The highest BCUT2D eigenvalue weighted by Gasteiger charge is 2.44. The number of pyridine rings is 1. The van der Waals surface area contributed by atoms with E-state index in [0.717, 1.165) is 49.6 Å². The maximum Gasteiger partial charge on any atom is 0.262 e. The molecule has 3 aliphatic heterocycles. The summed E-state index contributed by atoms with van der Waals surface area (Å²) in [6.45, 7) is 5.26. The fourth-order valence-electron chi connectivity index (χ4n) is 7.12. The lowest BCUT2D eigenvalue weighted by Gasteiger charge is -2.34. The second kappa shape index (κ2) is 16.1. The minimum absolute atomic E-state index is 0.0795. The highest BCUT2D eigenvalue weighted by molar-refractivity contribution is 6.37. The Kier molecular flexibility index (Phi) is 11.1. The van der Waals surface area contributed by atoms with Crippen LogP contribution < -0.4 is 24.8 Å². The number of piperazine rings is 1. The first-order chi connectivity index (χ1) is 26.6. The number of nitrogens with one attached hydrogen (secondary N) is 2. The highest BCUT2D eigenvalue weighted by atomic mass is 35.5. The number of imide groups is 2. The maximum absolute atomic E-state index is 13.2. The molecule has 0 radical (unpaired) electrons. The molecule has 0 saturated carbocycles. The number of hydrogen-bond donors (Lipinski definition) is 2. The molecule has 4 aromatic rings. The smallest absolute Gasteiger partial charge is 0.262 e. The lowest BCUT2D eigenvalue weighted by Crippen LogP contribution is -2.54. The van der Waals surface area contributed by atoms with E-state index >= 15 is 0 Å². The third kappa shape index (κ3) is 7.74. The Morgan fingerprint density at radius 3 is 2.38 bits per heavy atom. The molecule has 0 spiro atoms. The van der Waals surface area contributed by atoms with Gasteiger partial charge in [0, 0.05) is 69.4 Å². The number of benzene rings is 3. The zero-order chi connectivity index (χ0) is 38.8. The molecule has 284 valence electrons. The van der Waals surface area contributed by atoms with E-state index in [0.29, 0.717) is 68.3 Å². The third-order valence-corrected chi connectivity index (χ3v) is 10.6. The molecule has 2 fully saturated rings. The number of amides is 4. The van der Waals surface area contributed by atoms with E-state index in [2.05, 4.69) is 31.5 Å². The average molecular weight is 787 g/mol. The van der Waals surface area contributed by atoms with E-state index in [1.165, 1.54) is 13.3 Å². The van der Waals surface area contributed by atoms with E-state index in [1.54, 1.807) is 43.5 Å². The molecule has 7 rings (SSSR count). The molecular weight excluding hydrogens is 749 g/mol. The van der Waals surface area contributed by atoms with Gasteiger partial charge in [-0.15, -0.1) is 0 Å². The summed E-state index contributed by atoms with van der Waals surface area (Å²) in [7, 11) is 3.06. The van der Waals surface area contributed by atoms with Gasteiger partial charge in [-0.05, 0) is 42.7 Å². The summed E-state index contributed by atoms with van der Waals surface area (Å²) in [6, 6.07) is 13.3. The van der Waals surface area contributed by atoms with Crippen molar-refractivity contribution in [2.75, 3.05) is 58.9 Å². The summed E-state index contributed by atoms with van der Waals surface area (Å²) in [5.74, 6) is -0.589. The van der Waals surface area contributed by atoms with Crippen LogP contribution in [0, 0.1) is 11.3 Å². The zero-order valence-electron chi connectivity index (χ0n) is 30.1. The van der Waals surface area contributed by atoms with Gasteiger partial charge in [0.1, 0.15) is 17.9 Å². The lowest BCUT2D eigenvalue weighted by molar-refractivity contribution is -0.136. The summed E-state index contributed by atoms with van der Waals surface area (Å²) >= 11 is 12.7. The Hall–Kier alpha value is -5.46. The van der Waals surface area contributed by atoms with Crippen LogP contribution in [0.15, 0.2) is 48.7 Å². The molecule has 16 heteroatoms. The molecule has 2 N–H and O–H groups in total. The number of carbonyl (C=O) groups excluding carboxylic acids is 4. The molecule has 3 aromatic carbocycles. The minimum Gasteiger partial charge on any atom is -0.495 e. The van der Waals surface area contributed by atoms with Gasteiger partial charge in [-0.1, -0.05) is 29.3 Å². The Balaban J connectivity index is 0.925. The standard InChI is InChI=1S/C39H37Cl2N7O7/c1-53-32-18-30(27(40)16-28(32)41)44-36-23(19-42)20-43-29-17-34(33(54-2)15-26(29)36)55-13-3-8-46-9-11-47(12-10-46)21-22-4-5-24-25(14-22)39(52)48(38(24)51)31-6-7-35(49)45-37(31)50/h4-5,14-18,20,31H,3,6-13,21H2,1-2H3,(H,43,44)(H,45,49,50). The number of nitrogens with zero attached hydrogens (tertiary/aromatic N) is 5. The molecular formula is C39H37Cl2N7O7. The Morgan fingerprint density at radius 1 is 0.909 bits per heavy atom. The van der Waals surface area contributed by atoms with Gasteiger partial charge in [0.2, 0.25) is 11.8 Å². The highest BCUT2D eigenvalue weighted by Crippen LogP contribution is 2.40. The number of nitriles is 1. The van der Waals surface area contributed by atoms with Crippen LogP contribution >= 0.6 is 23.2 Å². The number of halogens is 2. The molecule has 4 heterocycles. The van der Waals surface area contributed by atoms with Crippen molar-refractivity contribution < 1.29 is 33.4 Å². The molecule has 0 bridgehead atoms. The topological polar surface area (TPSA) is 166 Å². The van der Waals surface area contributed by atoms with Crippen LogP contribution in [0.5, 0.6) is 17.2 Å². The Bertz CT molecular complexity index is 2250. The fraction of sp³-hybridized carbons (Fsp3) is 0.333. The first-order valence-corrected chi connectivity index (χ1v) is 18.5. The fourth-order valence-corrected chi connectivity index (χ4v) is 7.63. The summed E-state index contributed by atoms with van der Waals surface area (Å²) in [4.78, 5) is 60.4.